The van der Waals surface area contributed by atoms with E-state index < -0.39 is 46.4 Å². The van der Waals surface area contributed by atoms with Crippen LogP contribution in [0, 0.1) is 28.4 Å². The average molecular weight is 541 g/mol. The number of aliphatic hydroxyl groups is 1. The lowest BCUT2D eigenvalue weighted by atomic mass is 9.62. The number of ether oxygens (including phenoxy) is 1. The summed E-state index contributed by atoms with van der Waals surface area (Å²) < 4.78 is 36.2. The third-order valence-electron chi connectivity index (χ3n) is 6.81. The molecule has 3 rings (SSSR count). The van der Waals surface area contributed by atoms with E-state index in [1.165, 1.54) is 30.3 Å². The zero-order chi connectivity index (χ0) is 26.7. The fourth-order valence-corrected chi connectivity index (χ4v) is 5.44. The molecule has 1 heterocycles. The van der Waals surface area contributed by atoms with Crippen LogP contribution in [0.5, 0.6) is 0 Å². The van der Waals surface area contributed by atoms with Crippen LogP contribution in [0.2, 0.25) is 10.0 Å². The second kappa shape index (κ2) is 11.4. The van der Waals surface area contributed by atoms with Gasteiger partial charge in [0.15, 0.2) is 0 Å². The van der Waals surface area contributed by atoms with Crippen LogP contribution >= 0.6 is 23.2 Å². The number of aliphatic hydroxyl groups excluding tert-OH is 1. The van der Waals surface area contributed by atoms with Crippen LogP contribution in [0.15, 0.2) is 36.4 Å². The van der Waals surface area contributed by atoms with E-state index in [0.29, 0.717) is 13.0 Å². The van der Waals surface area contributed by atoms with E-state index in [9.17, 15) is 15.2 Å². The predicted molar refractivity (Wildman–Crippen MR) is 132 cm³/mol. The van der Waals surface area contributed by atoms with Crippen molar-refractivity contribution in [1.82, 2.24) is 5.32 Å². The van der Waals surface area contributed by atoms with Gasteiger partial charge in [0.05, 0.1) is 24.3 Å². The minimum atomic E-state index is -1.81. The second-order valence-electron chi connectivity index (χ2n) is 9.72. The standard InChI is InChI=1S/C26H28Cl2F2N2O4/c1-25(2,8-10-36-11-9-33)13-20-26(14-31,17-7-6-15(27)12-19(17)29)21(23(32-20)24(34)35)16-4-3-5-18(28)22(16)30/h3-7,12,20-21,23,32-33H,8-11,13H2,1-2H3,(H,34,35). The summed E-state index contributed by atoms with van der Waals surface area (Å²) in [7, 11) is 0. The first-order chi connectivity index (χ1) is 17.0. The summed E-state index contributed by atoms with van der Waals surface area (Å²) in [4.78, 5) is 12.4. The number of nitrogens with one attached hydrogen (secondary N) is 1. The van der Waals surface area contributed by atoms with Gasteiger partial charge in [-0.3, -0.25) is 10.1 Å². The topological polar surface area (TPSA) is 103 Å². The zero-order valence-corrected chi connectivity index (χ0v) is 21.4. The molecule has 3 N–H and O–H groups in total. The molecule has 1 fully saturated rings. The summed E-state index contributed by atoms with van der Waals surface area (Å²) in [5.41, 5.74) is -2.48. The van der Waals surface area contributed by atoms with Crippen LogP contribution in [0.3, 0.4) is 0 Å². The normalized spacial score (nSPS) is 24.0. The van der Waals surface area contributed by atoms with Crippen molar-refractivity contribution in [1.29, 1.82) is 5.26 Å². The first-order valence-electron chi connectivity index (χ1n) is 11.5. The number of nitrogens with zero attached hydrogens (tertiary/aromatic N) is 1. The van der Waals surface area contributed by atoms with Crippen LogP contribution in [-0.4, -0.2) is 48.1 Å². The van der Waals surface area contributed by atoms with E-state index >= 15 is 8.78 Å². The highest BCUT2D eigenvalue weighted by Gasteiger charge is 2.61. The number of halogens is 4. The van der Waals surface area contributed by atoms with Crippen LogP contribution in [0.25, 0.3) is 0 Å². The van der Waals surface area contributed by atoms with Gasteiger partial charge in [0.1, 0.15) is 23.1 Å². The van der Waals surface area contributed by atoms with Gasteiger partial charge >= 0.3 is 5.97 Å². The molecule has 1 aliphatic rings. The minimum Gasteiger partial charge on any atom is -0.480 e. The van der Waals surface area contributed by atoms with Gasteiger partial charge < -0.3 is 14.9 Å². The number of benzene rings is 2. The van der Waals surface area contributed by atoms with Crippen molar-refractivity contribution in [3.8, 4) is 6.07 Å². The summed E-state index contributed by atoms with van der Waals surface area (Å²) in [5, 5.41) is 32.6. The molecule has 4 atom stereocenters. The Labute approximate surface area is 218 Å². The van der Waals surface area contributed by atoms with Crippen molar-refractivity contribution in [2.75, 3.05) is 19.8 Å². The highest BCUT2D eigenvalue weighted by Crippen LogP contribution is 2.53. The molecule has 0 aromatic heterocycles. The molecule has 0 radical (unpaired) electrons. The Morgan fingerprint density at radius 3 is 2.58 bits per heavy atom. The van der Waals surface area contributed by atoms with Crippen molar-refractivity contribution in [3.05, 3.63) is 69.2 Å². The van der Waals surface area contributed by atoms with Crippen molar-refractivity contribution in [2.24, 2.45) is 5.41 Å². The van der Waals surface area contributed by atoms with Crippen LogP contribution in [-0.2, 0) is 14.9 Å². The smallest absolute Gasteiger partial charge is 0.321 e. The Morgan fingerprint density at radius 2 is 1.97 bits per heavy atom. The second-order valence-corrected chi connectivity index (χ2v) is 10.6. The van der Waals surface area contributed by atoms with Crippen molar-refractivity contribution >= 4 is 29.2 Å². The lowest BCUT2D eigenvalue weighted by Gasteiger charge is -2.38. The highest BCUT2D eigenvalue weighted by atomic mass is 35.5. The number of aliphatic carboxylic acids is 1. The molecule has 0 aliphatic carbocycles. The maximum atomic E-state index is 15.5. The molecule has 194 valence electrons. The Morgan fingerprint density at radius 1 is 1.25 bits per heavy atom. The summed E-state index contributed by atoms with van der Waals surface area (Å²) in [6.07, 6.45) is 0.761. The molecular weight excluding hydrogens is 513 g/mol. The van der Waals surface area contributed by atoms with Gasteiger partial charge in [-0.25, -0.2) is 8.78 Å². The van der Waals surface area contributed by atoms with Crippen LogP contribution in [0.4, 0.5) is 8.78 Å². The van der Waals surface area contributed by atoms with Gasteiger partial charge in [-0.1, -0.05) is 55.2 Å². The third-order valence-corrected chi connectivity index (χ3v) is 7.34. The van der Waals surface area contributed by atoms with Gasteiger partial charge in [-0.2, -0.15) is 5.26 Å². The summed E-state index contributed by atoms with van der Waals surface area (Å²) in [5.74, 6) is -4.26. The van der Waals surface area contributed by atoms with E-state index in [2.05, 4.69) is 11.4 Å². The molecule has 10 heteroatoms. The maximum Gasteiger partial charge on any atom is 0.321 e. The van der Waals surface area contributed by atoms with Crippen LogP contribution in [0.1, 0.15) is 43.7 Å². The van der Waals surface area contributed by atoms with E-state index in [1.54, 1.807) is 0 Å². The fourth-order valence-electron chi connectivity index (χ4n) is 5.10. The average Bonchev–Trinajstić information content (AvgIpc) is 3.12. The Kier molecular flexibility index (Phi) is 8.97. The van der Waals surface area contributed by atoms with Gasteiger partial charge in [-0.15, -0.1) is 0 Å². The molecule has 36 heavy (non-hydrogen) atoms. The molecule has 0 amide bonds. The predicted octanol–water partition coefficient (Wildman–Crippen LogP) is 5.06. The lowest BCUT2D eigenvalue weighted by Crippen LogP contribution is -2.45. The Bertz CT molecular complexity index is 1160. The lowest BCUT2D eigenvalue weighted by molar-refractivity contribution is -0.139. The molecule has 1 aliphatic heterocycles. The first kappa shape index (κ1) is 28.3. The summed E-state index contributed by atoms with van der Waals surface area (Å²) in [6.45, 7) is 4.21. The maximum absolute atomic E-state index is 15.5. The van der Waals surface area contributed by atoms with Crippen molar-refractivity contribution < 1.29 is 28.5 Å². The zero-order valence-electron chi connectivity index (χ0n) is 19.9. The fraction of sp³-hybridized carbons (Fsp3) is 0.462. The number of hydrogen-bond donors (Lipinski definition) is 3. The van der Waals surface area contributed by atoms with E-state index in [1.807, 2.05) is 13.8 Å². The van der Waals surface area contributed by atoms with Gasteiger partial charge in [0, 0.05) is 29.2 Å². The minimum absolute atomic E-state index is 0.0765. The molecule has 6 nitrogen and oxygen atoms in total. The van der Waals surface area contributed by atoms with E-state index in [-0.39, 0.29) is 40.8 Å². The molecule has 0 spiro atoms. The van der Waals surface area contributed by atoms with Gasteiger partial charge in [0.2, 0.25) is 0 Å². The Hall–Kier alpha value is -2.28. The summed E-state index contributed by atoms with van der Waals surface area (Å²) in [6, 6.07) is 7.91. The Balaban J connectivity index is 2.21. The molecule has 0 bridgehead atoms. The van der Waals surface area contributed by atoms with E-state index in [0.717, 1.165) is 6.07 Å². The highest BCUT2D eigenvalue weighted by molar-refractivity contribution is 6.31. The van der Waals surface area contributed by atoms with Crippen molar-refractivity contribution in [3.63, 3.8) is 0 Å². The van der Waals surface area contributed by atoms with E-state index in [4.69, 9.17) is 33.0 Å². The van der Waals surface area contributed by atoms with Gasteiger partial charge in [-0.05, 0) is 42.0 Å². The molecule has 1 saturated heterocycles. The van der Waals surface area contributed by atoms with Crippen molar-refractivity contribution in [2.45, 2.75) is 50.1 Å². The SMILES string of the molecule is CC(C)(CCOCCO)CC1NC(C(=O)O)C(c2cccc(Cl)c2F)C1(C#N)c1ccc(Cl)cc1F. The number of carboxylic acid groups (broad SMARTS) is 1. The molecular formula is C26H28Cl2F2N2O4. The summed E-state index contributed by atoms with van der Waals surface area (Å²) >= 11 is 12.0. The number of carboxylic acids is 1. The molecule has 4 unspecified atom stereocenters. The molecule has 2 aromatic rings. The number of carbonyl (C=O) groups is 1. The van der Waals surface area contributed by atoms with Crippen LogP contribution < -0.4 is 5.32 Å². The third kappa shape index (κ3) is 5.51. The molecule has 0 saturated carbocycles. The van der Waals surface area contributed by atoms with Gasteiger partial charge in [0.25, 0.3) is 0 Å². The largest absolute Gasteiger partial charge is 0.480 e. The number of hydrogen-bond acceptors (Lipinski definition) is 5. The monoisotopic (exact) mass is 540 g/mol. The first-order valence-corrected chi connectivity index (χ1v) is 12.2. The quantitative estimate of drug-likeness (QED) is 0.364. The molecule has 2 aromatic carbocycles. The number of nitriles is 1. The number of rotatable bonds is 10.